The van der Waals surface area contributed by atoms with Crippen LogP contribution in [-0.4, -0.2) is 75.6 Å². The number of hydrogen-bond donors (Lipinski definition) is 4. The number of carbonyl (C=O) groups is 3. The minimum atomic E-state index is -2.74. The average molecular weight is 466 g/mol. The van der Waals surface area contributed by atoms with E-state index in [1.54, 1.807) is 0 Å². The van der Waals surface area contributed by atoms with Gasteiger partial charge in [-0.15, -0.1) is 0 Å². The standard InChI is InChI=1S/C18H27NO.C6H8O7/c1-3-12-20-18(15-8-5-4-6-9-15)16-10-7-11-17(18)14-19(2)13-16;7-3(8)1-6(13,5(11)12)2-4(9)10/h4-6,8-9,16-17H,3,7,10-14H2,1-2H3;13H,1-2H2,(H,7,8)(H,9,10)(H,11,12). The van der Waals surface area contributed by atoms with E-state index in [1.807, 2.05) is 0 Å². The van der Waals surface area contributed by atoms with Gasteiger partial charge in [-0.05, 0) is 31.9 Å². The summed E-state index contributed by atoms with van der Waals surface area (Å²) in [5, 5.41) is 33.8. The summed E-state index contributed by atoms with van der Waals surface area (Å²) in [7, 11) is 2.26. The summed E-state index contributed by atoms with van der Waals surface area (Å²) in [6.07, 6.45) is 2.79. The number of likely N-dealkylation sites (tertiary alicyclic amines) is 1. The molecule has 1 saturated heterocycles. The fraction of sp³-hybridized carbons (Fsp3) is 0.625. The molecule has 9 heteroatoms. The van der Waals surface area contributed by atoms with Crippen molar-refractivity contribution in [3.05, 3.63) is 35.9 Å². The zero-order valence-electron chi connectivity index (χ0n) is 19.3. The zero-order valence-corrected chi connectivity index (χ0v) is 19.3. The number of nitrogens with zero attached hydrogens (tertiary/aromatic N) is 1. The highest BCUT2D eigenvalue weighted by molar-refractivity contribution is 5.88. The van der Waals surface area contributed by atoms with E-state index in [0.717, 1.165) is 13.0 Å². The van der Waals surface area contributed by atoms with Gasteiger partial charge in [0.15, 0.2) is 5.60 Å². The van der Waals surface area contributed by atoms with Gasteiger partial charge in [0.05, 0.1) is 12.8 Å². The van der Waals surface area contributed by atoms with Crippen molar-refractivity contribution in [3.63, 3.8) is 0 Å². The van der Waals surface area contributed by atoms with Gasteiger partial charge in [0.2, 0.25) is 0 Å². The van der Waals surface area contributed by atoms with Gasteiger partial charge >= 0.3 is 17.9 Å². The van der Waals surface area contributed by atoms with Gasteiger partial charge in [0.1, 0.15) is 5.60 Å². The molecule has 2 fully saturated rings. The minimum absolute atomic E-state index is 0.0258. The van der Waals surface area contributed by atoms with Gasteiger partial charge in [-0.1, -0.05) is 43.7 Å². The zero-order chi connectivity index (χ0) is 24.6. The van der Waals surface area contributed by atoms with Gasteiger partial charge in [0, 0.05) is 31.5 Å². The number of carboxylic acids is 3. The Morgan fingerprint density at radius 2 is 1.55 bits per heavy atom. The van der Waals surface area contributed by atoms with Crippen LogP contribution in [0.4, 0.5) is 0 Å². The molecule has 1 saturated carbocycles. The molecule has 1 aromatic rings. The lowest BCUT2D eigenvalue weighted by Crippen LogP contribution is -2.58. The number of hydrogen-bond acceptors (Lipinski definition) is 6. The number of aliphatic carboxylic acids is 3. The highest BCUT2D eigenvalue weighted by Gasteiger charge is 2.52. The molecule has 0 radical (unpaired) electrons. The molecule has 0 aromatic heterocycles. The molecule has 9 nitrogen and oxygen atoms in total. The lowest BCUT2D eigenvalue weighted by molar-refractivity contribution is -0.183. The van der Waals surface area contributed by atoms with Crippen molar-refractivity contribution in [2.75, 3.05) is 26.7 Å². The third-order valence-corrected chi connectivity index (χ3v) is 6.44. The highest BCUT2D eigenvalue weighted by Crippen LogP contribution is 2.51. The van der Waals surface area contributed by atoms with E-state index in [2.05, 4.69) is 49.2 Å². The molecule has 1 aliphatic heterocycles. The summed E-state index contributed by atoms with van der Waals surface area (Å²) < 4.78 is 6.59. The Labute approximate surface area is 194 Å². The van der Waals surface area contributed by atoms with Crippen LogP contribution in [0.3, 0.4) is 0 Å². The van der Waals surface area contributed by atoms with Crippen molar-refractivity contribution in [1.29, 1.82) is 0 Å². The molecule has 2 atom stereocenters. The first kappa shape index (κ1) is 26.8. The van der Waals surface area contributed by atoms with Crippen LogP contribution in [0.2, 0.25) is 0 Å². The van der Waals surface area contributed by atoms with E-state index >= 15 is 0 Å². The van der Waals surface area contributed by atoms with E-state index < -0.39 is 36.4 Å². The van der Waals surface area contributed by atoms with Crippen molar-refractivity contribution < 1.29 is 39.5 Å². The lowest BCUT2D eigenvalue weighted by atomic mass is 9.62. The molecule has 184 valence electrons. The molecular weight excluding hydrogens is 430 g/mol. The topological polar surface area (TPSA) is 145 Å². The Morgan fingerprint density at radius 3 is 1.97 bits per heavy atom. The maximum Gasteiger partial charge on any atom is 0.336 e. The number of piperidine rings is 1. The third kappa shape index (κ3) is 6.52. The molecule has 3 rings (SSSR count). The summed E-state index contributed by atoms with van der Waals surface area (Å²) in [4.78, 5) is 33.0. The molecule has 1 aliphatic carbocycles. The normalized spacial score (nSPS) is 24.9. The van der Waals surface area contributed by atoms with Crippen molar-refractivity contribution in [1.82, 2.24) is 4.90 Å². The Balaban J connectivity index is 0.000000260. The van der Waals surface area contributed by atoms with Crippen LogP contribution in [0.5, 0.6) is 0 Å². The van der Waals surface area contributed by atoms with Crippen molar-refractivity contribution in [2.24, 2.45) is 11.8 Å². The van der Waals surface area contributed by atoms with Crippen molar-refractivity contribution in [3.8, 4) is 0 Å². The first-order chi connectivity index (χ1) is 15.5. The maximum absolute atomic E-state index is 10.3. The number of ether oxygens (including phenoxy) is 1. The Kier molecular flexibility index (Phi) is 9.39. The average Bonchev–Trinajstić information content (AvgIpc) is 2.72. The second kappa shape index (κ2) is 11.6. The first-order valence-electron chi connectivity index (χ1n) is 11.3. The second-order valence-corrected chi connectivity index (χ2v) is 9.03. The van der Waals surface area contributed by atoms with Crippen molar-refractivity contribution in [2.45, 2.75) is 56.7 Å². The molecular formula is C24H35NO8. The van der Waals surface area contributed by atoms with Gasteiger partial charge in [-0.2, -0.15) is 0 Å². The second-order valence-electron chi connectivity index (χ2n) is 9.03. The Morgan fingerprint density at radius 1 is 1.03 bits per heavy atom. The fourth-order valence-corrected chi connectivity index (χ4v) is 5.13. The maximum atomic E-state index is 10.3. The molecule has 2 unspecified atom stereocenters. The molecule has 0 amide bonds. The largest absolute Gasteiger partial charge is 0.481 e. The Hall–Kier alpha value is -2.49. The van der Waals surface area contributed by atoms with E-state index in [1.165, 1.54) is 37.9 Å². The number of benzene rings is 1. The summed E-state index contributed by atoms with van der Waals surface area (Å²) in [6.45, 7) is 5.44. The number of aliphatic hydroxyl groups is 1. The molecule has 1 heterocycles. The predicted octanol–water partition coefficient (Wildman–Crippen LogP) is 2.42. The van der Waals surface area contributed by atoms with Crippen LogP contribution in [0, 0.1) is 11.8 Å². The summed E-state index contributed by atoms with van der Waals surface area (Å²) in [5.74, 6) is -3.72. The molecule has 33 heavy (non-hydrogen) atoms. The van der Waals surface area contributed by atoms with Crippen LogP contribution in [0.15, 0.2) is 30.3 Å². The van der Waals surface area contributed by atoms with Gasteiger partial charge < -0.3 is 30.1 Å². The van der Waals surface area contributed by atoms with Crippen LogP contribution < -0.4 is 0 Å². The molecule has 2 aliphatic rings. The number of rotatable bonds is 9. The third-order valence-electron chi connectivity index (χ3n) is 6.44. The number of carboxylic acid groups (broad SMARTS) is 3. The smallest absolute Gasteiger partial charge is 0.336 e. The SMILES string of the molecule is CCCOC1(c2ccccc2)C2CCCC1CN(C)C2.O=C(O)CC(O)(CC(=O)O)C(=O)O. The summed E-state index contributed by atoms with van der Waals surface area (Å²) >= 11 is 0. The molecule has 0 spiro atoms. The summed E-state index contributed by atoms with van der Waals surface area (Å²) in [5.41, 5.74) is -1.35. The monoisotopic (exact) mass is 465 g/mol. The molecule has 1 aromatic carbocycles. The molecule has 4 N–H and O–H groups in total. The Bertz CT molecular complexity index is 782. The van der Waals surface area contributed by atoms with Gasteiger partial charge in [-0.25, -0.2) is 4.79 Å². The van der Waals surface area contributed by atoms with Gasteiger partial charge in [0.25, 0.3) is 0 Å². The molecule has 2 bridgehead atoms. The first-order valence-corrected chi connectivity index (χ1v) is 11.3. The fourth-order valence-electron chi connectivity index (χ4n) is 5.13. The quantitative estimate of drug-likeness (QED) is 0.432. The highest BCUT2D eigenvalue weighted by atomic mass is 16.5. The van der Waals surface area contributed by atoms with E-state index in [4.69, 9.17) is 25.2 Å². The van der Waals surface area contributed by atoms with Crippen LogP contribution in [0.25, 0.3) is 0 Å². The van der Waals surface area contributed by atoms with Crippen molar-refractivity contribution >= 4 is 17.9 Å². The summed E-state index contributed by atoms with van der Waals surface area (Å²) in [6, 6.07) is 11.0. The minimum Gasteiger partial charge on any atom is -0.481 e. The van der Waals surface area contributed by atoms with Crippen LogP contribution in [0.1, 0.15) is 51.0 Å². The van der Waals surface area contributed by atoms with E-state index in [9.17, 15) is 14.4 Å². The lowest BCUT2D eigenvalue weighted by Gasteiger charge is -2.55. The number of fused-ring (bicyclic) bond motifs is 2. The van der Waals surface area contributed by atoms with Crippen LogP contribution in [-0.2, 0) is 24.7 Å². The van der Waals surface area contributed by atoms with Gasteiger partial charge in [-0.3, -0.25) is 9.59 Å². The predicted molar refractivity (Wildman–Crippen MR) is 120 cm³/mol. The van der Waals surface area contributed by atoms with E-state index in [0.29, 0.717) is 11.8 Å². The van der Waals surface area contributed by atoms with E-state index in [-0.39, 0.29) is 5.60 Å². The van der Waals surface area contributed by atoms with Crippen LogP contribution >= 0.6 is 0 Å².